The van der Waals surface area contributed by atoms with E-state index in [2.05, 4.69) is 4.98 Å². The molecule has 2 fully saturated rings. The molecule has 0 amide bonds. The van der Waals surface area contributed by atoms with E-state index in [1.807, 2.05) is 0 Å². The summed E-state index contributed by atoms with van der Waals surface area (Å²) in [6.45, 7) is 5.03. The average Bonchev–Trinajstić information content (AvgIpc) is 2.93. The van der Waals surface area contributed by atoms with Crippen LogP contribution in [0.15, 0.2) is 21.9 Å². The molecule has 0 saturated carbocycles. The molecular weight excluding hydrogens is 308 g/mol. The van der Waals surface area contributed by atoms with Crippen LogP contribution in [0.25, 0.3) is 0 Å². The first kappa shape index (κ1) is 16.3. The molecule has 9 nitrogen and oxygen atoms in total. The second-order valence-corrected chi connectivity index (χ2v) is 5.95. The third-order valence-electron chi connectivity index (χ3n) is 3.90. The number of hydrogen-bond acceptors (Lipinski definition) is 7. The van der Waals surface area contributed by atoms with E-state index in [1.54, 1.807) is 20.8 Å². The van der Waals surface area contributed by atoms with Gasteiger partial charge >= 0.3 is 5.69 Å². The number of ether oxygens (including phenoxy) is 4. The Labute approximate surface area is 131 Å². The highest BCUT2D eigenvalue weighted by Crippen LogP contribution is 2.48. The van der Waals surface area contributed by atoms with Crippen LogP contribution in [0.1, 0.15) is 27.0 Å². The number of aliphatic hydroxyl groups excluding tert-OH is 1. The molecule has 0 aliphatic carbocycles. The van der Waals surface area contributed by atoms with Gasteiger partial charge in [-0.1, -0.05) is 0 Å². The van der Waals surface area contributed by atoms with Gasteiger partial charge in [0.2, 0.25) is 5.79 Å². The van der Waals surface area contributed by atoms with Gasteiger partial charge < -0.3 is 24.1 Å². The predicted octanol–water partition coefficient (Wildman–Crippen LogP) is -0.689. The van der Waals surface area contributed by atoms with Crippen molar-refractivity contribution in [3.63, 3.8) is 0 Å². The lowest BCUT2D eigenvalue weighted by molar-refractivity contribution is -0.311. The maximum Gasteiger partial charge on any atom is 0.330 e. The number of rotatable bonds is 4. The molecule has 4 atom stereocenters. The van der Waals surface area contributed by atoms with Crippen LogP contribution in [-0.4, -0.2) is 51.7 Å². The molecule has 2 aliphatic rings. The number of fused-ring (bicyclic) bond motifs is 1. The Kier molecular flexibility index (Phi) is 3.93. The molecular formula is C14H20N2O7. The molecule has 3 heterocycles. The molecule has 2 N–H and O–H groups in total. The van der Waals surface area contributed by atoms with Gasteiger partial charge in [0.25, 0.3) is 5.56 Å². The highest BCUT2D eigenvalue weighted by molar-refractivity contribution is 5.02. The third-order valence-corrected chi connectivity index (χ3v) is 3.90. The minimum atomic E-state index is -1.44. The molecule has 0 bridgehead atoms. The van der Waals surface area contributed by atoms with Gasteiger partial charge in [-0.2, -0.15) is 0 Å². The maximum atomic E-state index is 12.1. The lowest BCUT2D eigenvalue weighted by Crippen LogP contribution is -2.48. The van der Waals surface area contributed by atoms with Crippen LogP contribution < -0.4 is 11.2 Å². The van der Waals surface area contributed by atoms with Crippen LogP contribution >= 0.6 is 0 Å². The fraction of sp³-hybridized carbons (Fsp3) is 0.714. The van der Waals surface area contributed by atoms with E-state index >= 15 is 0 Å². The van der Waals surface area contributed by atoms with Crippen LogP contribution in [0.5, 0.6) is 0 Å². The second kappa shape index (κ2) is 5.53. The van der Waals surface area contributed by atoms with Crippen LogP contribution in [0.3, 0.4) is 0 Å². The smallest absolute Gasteiger partial charge is 0.330 e. The van der Waals surface area contributed by atoms with E-state index in [4.69, 9.17) is 18.9 Å². The Bertz CT molecular complexity index is 697. The minimum absolute atomic E-state index is 0.279. The Morgan fingerprint density at radius 1 is 1.35 bits per heavy atom. The summed E-state index contributed by atoms with van der Waals surface area (Å²) < 4.78 is 24.3. The van der Waals surface area contributed by atoms with E-state index < -0.39 is 47.9 Å². The molecule has 9 heteroatoms. The van der Waals surface area contributed by atoms with Gasteiger partial charge in [-0.3, -0.25) is 14.3 Å². The van der Waals surface area contributed by atoms with Gasteiger partial charge in [-0.15, -0.1) is 0 Å². The van der Waals surface area contributed by atoms with Crippen molar-refractivity contribution in [1.82, 2.24) is 9.55 Å². The third kappa shape index (κ3) is 2.64. The van der Waals surface area contributed by atoms with Crippen molar-refractivity contribution < 1.29 is 24.1 Å². The largest absolute Gasteiger partial charge is 0.391 e. The van der Waals surface area contributed by atoms with Gasteiger partial charge in [-0.05, 0) is 20.8 Å². The summed E-state index contributed by atoms with van der Waals surface area (Å²) in [5.74, 6) is -2.35. The molecule has 0 radical (unpaired) electrons. The maximum absolute atomic E-state index is 12.1. The number of aromatic amines is 1. The van der Waals surface area contributed by atoms with E-state index in [-0.39, 0.29) is 6.61 Å². The first-order valence-corrected chi connectivity index (χ1v) is 7.41. The van der Waals surface area contributed by atoms with Gasteiger partial charge in [0, 0.05) is 18.9 Å². The zero-order valence-corrected chi connectivity index (χ0v) is 13.1. The molecule has 0 aromatic carbocycles. The van der Waals surface area contributed by atoms with Crippen molar-refractivity contribution in [3.8, 4) is 0 Å². The van der Waals surface area contributed by atoms with Crippen LogP contribution in [-0.2, 0) is 18.9 Å². The summed E-state index contributed by atoms with van der Waals surface area (Å²) in [6.07, 6.45) is -0.972. The van der Waals surface area contributed by atoms with Gasteiger partial charge in [0.05, 0.1) is 0 Å². The summed E-state index contributed by atoms with van der Waals surface area (Å²) in [7, 11) is 0. The highest BCUT2D eigenvalue weighted by atomic mass is 16.8. The summed E-state index contributed by atoms with van der Waals surface area (Å²) in [6, 6.07) is 1.21. The van der Waals surface area contributed by atoms with Crippen molar-refractivity contribution in [1.29, 1.82) is 0 Å². The molecule has 1 aromatic rings. The first-order valence-electron chi connectivity index (χ1n) is 7.41. The fourth-order valence-corrected chi connectivity index (χ4v) is 3.05. The Morgan fingerprint density at radius 3 is 2.70 bits per heavy atom. The average molecular weight is 328 g/mol. The van der Waals surface area contributed by atoms with Crippen LogP contribution in [0.4, 0.5) is 0 Å². The standard InChI is InChI=1S/C14H20N2O7/c1-4-20-14(7-17)10-9(21-13(2,3)22-10)11(23-14)16-6-5-8(18)15-12(16)19/h5-6,9-11,17H,4,7H2,1-3H3,(H,15,18,19)/t9-,10+,11-,14+/m1/s1. The highest BCUT2D eigenvalue weighted by Gasteiger charge is 2.64. The minimum Gasteiger partial charge on any atom is -0.391 e. The number of aromatic nitrogens is 2. The number of nitrogens with one attached hydrogen (secondary N) is 1. The van der Waals surface area contributed by atoms with Crippen molar-refractivity contribution in [3.05, 3.63) is 33.1 Å². The molecule has 0 unspecified atom stereocenters. The topological polar surface area (TPSA) is 112 Å². The van der Waals surface area contributed by atoms with Gasteiger partial charge in [-0.25, -0.2) is 4.79 Å². The molecule has 1 aromatic heterocycles. The van der Waals surface area contributed by atoms with Gasteiger partial charge in [0.1, 0.15) is 18.8 Å². The zero-order chi connectivity index (χ0) is 16.8. The Hall–Kier alpha value is -1.52. The number of hydrogen-bond donors (Lipinski definition) is 2. The number of aliphatic hydroxyl groups is 1. The lowest BCUT2D eigenvalue weighted by Gasteiger charge is -2.32. The van der Waals surface area contributed by atoms with Crippen molar-refractivity contribution in [2.24, 2.45) is 0 Å². The molecule has 2 saturated heterocycles. The van der Waals surface area contributed by atoms with E-state index in [9.17, 15) is 14.7 Å². The second-order valence-electron chi connectivity index (χ2n) is 5.95. The molecule has 128 valence electrons. The first-order chi connectivity index (χ1) is 10.8. The van der Waals surface area contributed by atoms with Gasteiger partial charge in [0.15, 0.2) is 12.0 Å². The van der Waals surface area contributed by atoms with E-state index in [0.717, 1.165) is 0 Å². The van der Waals surface area contributed by atoms with Crippen LogP contribution in [0.2, 0.25) is 0 Å². The van der Waals surface area contributed by atoms with Crippen LogP contribution in [0, 0.1) is 0 Å². The quantitative estimate of drug-likeness (QED) is 0.752. The summed E-state index contributed by atoms with van der Waals surface area (Å²) in [4.78, 5) is 25.5. The summed E-state index contributed by atoms with van der Waals surface area (Å²) in [5.41, 5.74) is -1.15. The monoisotopic (exact) mass is 328 g/mol. The Balaban J connectivity index is 2.04. The summed E-state index contributed by atoms with van der Waals surface area (Å²) >= 11 is 0. The summed E-state index contributed by atoms with van der Waals surface area (Å²) in [5, 5.41) is 9.81. The normalized spacial score (nSPS) is 35.4. The Morgan fingerprint density at radius 2 is 2.09 bits per heavy atom. The number of H-pyrrole nitrogens is 1. The molecule has 0 spiro atoms. The van der Waals surface area contributed by atoms with Crippen molar-refractivity contribution in [2.75, 3.05) is 13.2 Å². The fourth-order valence-electron chi connectivity index (χ4n) is 3.05. The molecule has 3 rings (SSSR count). The van der Waals surface area contributed by atoms with E-state index in [1.165, 1.54) is 16.8 Å². The van der Waals surface area contributed by atoms with E-state index in [0.29, 0.717) is 0 Å². The predicted molar refractivity (Wildman–Crippen MR) is 76.7 cm³/mol. The SMILES string of the molecule is CCO[C@@]1(CO)O[C@@H](n2ccc(=O)[nH]c2=O)[C@@H]2OC(C)(C)O[C@@H]21. The zero-order valence-electron chi connectivity index (χ0n) is 13.1. The molecule has 2 aliphatic heterocycles. The molecule has 23 heavy (non-hydrogen) atoms. The van der Waals surface area contributed by atoms with Crippen molar-refractivity contribution in [2.45, 2.75) is 50.8 Å². The van der Waals surface area contributed by atoms with Crippen molar-refractivity contribution >= 4 is 0 Å². The lowest BCUT2D eigenvalue weighted by atomic mass is 10.1. The number of nitrogens with zero attached hydrogens (tertiary/aromatic N) is 1.